The van der Waals surface area contributed by atoms with Gasteiger partial charge in [-0.3, -0.25) is 9.59 Å². The van der Waals surface area contributed by atoms with Gasteiger partial charge in [-0.25, -0.2) is 8.78 Å². The number of amides is 2. The minimum atomic E-state index is -4.55. The summed E-state index contributed by atoms with van der Waals surface area (Å²) in [6, 6.07) is 1.91. The fourth-order valence-corrected chi connectivity index (χ4v) is 2.21. The van der Waals surface area contributed by atoms with Gasteiger partial charge in [0.05, 0.1) is 6.04 Å². The summed E-state index contributed by atoms with van der Waals surface area (Å²) < 4.78 is 63.6. The Morgan fingerprint density at radius 3 is 2.41 bits per heavy atom. The van der Waals surface area contributed by atoms with Crippen LogP contribution in [0.15, 0.2) is 18.2 Å². The minimum Gasteiger partial charge on any atom is -0.347 e. The normalized spacial score (nSPS) is 18.7. The Kier molecular flexibility index (Phi) is 4.34. The number of carbonyl (C=O) groups is 2. The van der Waals surface area contributed by atoms with Crippen molar-refractivity contribution in [3.63, 3.8) is 0 Å². The zero-order chi connectivity index (χ0) is 16.5. The number of hydrogen-bond donors (Lipinski definition) is 1. The van der Waals surface area contributed by atoms with Crippen LogP contribution in [0.3, 0.4) is 0 Å². The molecule has 0 bridgehead atoms. The average Bonchev–Trinajstić information content (AvgIpc) is 2.66. The molecule has 1 N–H and O–H groups in total. The van der Waals surface area contributed by atoms with Gasteiger partial charge in [-0.2, -0.15) is 13.2 Å². The van der Waals surface area contributed by atoms with E-state index < -0.39 is 47.8 Å². The second-order valence-corrected chi connectivity index (χ2v) is 4.86. The fourth-order valence-electron chi connectivity index (χ4n) is 2.21. The maximum absolute atomic E-state index is 13.4. The summed E-state index contributed by atoms with van der Waals surface area (Å²) >= 11 is 0. The predicted octanol–water partition coefficient (Wildman–Crippen LogP) is 1.86. The van der Waals surface area contributed by atoms with E-state index in [0.29, 0.717) is 4.90 Å². The van der Waals surface area contributed by atoms with Gasteiger partial charge in [0, 0.05) is 13.0 Å². The quantitative estimate of drug-likeness (QED) is 0.864. The van der Waals surface area contributed by atoms with E-state index in [0.717, 1.165) is 18.2 Å². The van der Waals surface area contributed by atoms with Crippen LogP contribution in [-0.4, -0.2) is 42.0 Å². The van der Waals surface area contributed by atoms with Crippen LogP contribution < -0.4 is 5.32 Å². The van der Waals surface area contributed by atoms with Gasteiger partial charge in [0.15, 0.2) is 0 Å². The first-order chi connectivity index (χ1) is 10.2. The molecule has 1 heterocycles. The Morgan fingerprint density at radius 1 is 1.27 bits per heavy atom. The number of carbonyl (C=O) groups excluding carboxylic acids is 2. The highest BCUT2D eigenvalue weighted by Gasteiger charge is 2.39. The van der Waals surface area contributed by atoms with Gasteiger partial charge in [-0.05, 0) is 12.1 Å². The van der Waals surface area contributed by atoms with Gasteiger partial charge >= 0.3 is 6.18 Å². The lowest BCUT2D eigenvalue weighted by Crippen LogP contribution is -2.40. The molecule has 0 saturated carbocycles. The highest BCUT2D eigenvalue weighted by atomic mass is 19.4. The van der Waals surface area contributed by atoms with Crippen molar-refractivity contribution in [2.24, 2.45) is 0 Å². The maximum atomic E-state index is 13.4. The Balaban J connectivity index is 2.03. The molecule has 0 spiro atoms. The summed E-state index contributed by atoms with van der Waals surface area (Å²) in [6.07, 6.45) is -4.90. The number of halogens is 5. The first-order valence-electron chi connectivity index (χ1n) is 6.27. The lowest BCUT2D eigenvalue weighted by atomic mass is 10.1. The van der Waals surface area contributed by atoms with Gasteiger partial charge in [-0.1, -0.05) is 6.07 Å². The number of alkyl halides is 3. The highest BCUT2D eigenvalue weighted by Crippen LogP contribution is 2.21. The third-order valence-electron chi connectivity index (χ3n) is 3.11. The molecule has 1 atom stereocenters. The van der Waals surface area contributed by atoms with E-state index in [1.807, 2.05) is 0 Å². The van der Waals surface area contributed by atoms with E-state index in [9.17, 15) is 31.5 Å². The van der Waals surface area contributed by atoms with E-state index in [-0.39, 0.29) is 13.0 Å². The molecule has 1 saturated heterocycles. The van der Waals surface area contributed by atoms with Gasteiger partial charge in [0.25, 0.3) is 5.91 Å². The number of likely N-dealkylation sites (tertiary alicyclic amines) is 1. The van der Waals surface area contributed by atoms with Crippen LogP contribution in [0.1, 0.15) is 16.8 Å². The summed E-state index contributed by atoms with van der Waals surface area (Å²) in [5, 5.41) is 2.17. The van der Waals surface area contributed by atoms with Crippen LogP contribution >= 0.6 is 0 Å². The van der Waals surface area contributed by atoms with Crippen molar-refractivity contribution in [3.05, 3.63) is 35.4 Å². The molecule has 22 heavy (non-hydrogen) atoms. The Morgan fingerprint density at radius 2 is 1.86 bits per heavy atom. The van der Waals surface area contributed by atoms with E-state index >= 15 is 0 Å². The molecular formula is C13H11F5N2O2. The second kappa shape index (κ2) is 5.90. The van der Waals surface area contributed by atoms with E-state index in [4.69, 9.17) is 0 Å². The molecule has 2 rings (SSSR count). The molecule has 1 aromatic rings. The number of benzene rings is 1. The van der Waals surface area contributed by atoms with Crippen LogP contribution in [0.25, 0.3) is 0 Å². The van der Waals surface area contributed by atoms with Crippen LogP contribution in [-0.2, 0) is 4.79 Å². The fraction of sp³-hybridized carbons (Fsp3) is 0.385. The van der Waals surface area contributed by atoms with Gasteiger partial charge in [0.1, 0.15) is 23.7 Å². The molecule has 9 heteroatoms. The van der Waals surface area contributed by atoms with E-state index in [1.54, 1.807) is 0 Å². The van der Waals surface area contributed by atoms with Gasteiger partial charge < -0.3 is 10.2 Å². The molecule has 1 aliphatic rings. The third kappa shape index (κ3) is 3.71. The molecule has 0 radical (unpaired) electrons. The second-order valence-electron chi connectivity index (χ2n) is 4.86. The molecule has 4 nitrogen and oxygen atoms in total. The van der Waals surface area contributed by atoms with Crippen molar-refractivity contribution in [2.45, 2.75) is 18.6 Å². The Hall–Kier alpha value is -2.19. The first kappa shape index (κ1) is 16.2. The van der Waals surface area contributed by atoms with E-state index in [2.05, 4.69) is 5.32 Å². The lowest BCUT2D eigenvalue weighted by molar-refractivity contribution is -0.157. The minimum absolute atomic E-state index is 0.349. The molecule has 1 fully saturated rings. The molecule has 1 aliphatic heterocycles. The summed E-state index contributed by atoms with van der Waals surface area (Å²) in [6.45, 7) is -1.79. The molecule has 0 aliphatic carbocycles. The van der Waals surface area contributed by atoms with Crippen molar-refractivity contribution in [1.29, 1.82) is 0 Å². The third-order valence-corrected chi connectivity index (χ3v) is 3.11. The first-order valence-corrected chi connectivity index (χ1v) is 6.27. The number of hydrogen-bond acceptors (Lipinski definition) is 2. The van der Waals surface area contributed by atoms with Crippen molar-refractivity contribution in [1.82, 2.24) is 10.2 Å². The molecular weight excluding hydrogens is 311 g/mol. The van der Waals surface area contributed by atoms with Gasteiger partial charge in [0.2, 0.25) is 5.91 Å². The number of rotatable bonds is 3. The Labute approximate surface area is 121 Å². The summed E-state index contributed by atoms with van der Waals surface area (Å²) in [5.74, 6) is -4.07. The molecule has 120 valence electrons. The topological polar surface area (TPSA) is 49.4 Å². The summed E-state index contributed by atoms with van der Waals surface area (Å²) in [4.78, 5) is 23.8. The van der Waals surface area contributed by atoms with Crippen LogP contribution in [0.2, 0.25) is 0 Å². The summed E-state index contributed by atoms with van der Waals surface area (Å²) in [5.41, 5.74) is -0.829. The standard InChI is InChI=1S/C13H11F5N2O2/c14-8-2-1-3-9(15)11(8)12(22)19-7-4-10(21)20(5-7)6-13(16,17)18/h1-3,7H,4-6H2,(H,19,22)/t7-/m1/s1. The van der Waals surface area contributed by atoms with E-state index in [1.165, 1.54) is 0 Å². The summed E-state index contributed by atoms with van der Waals surface area (Å²) in [7, 11) is 0. The average molecular weight is 322 g/mol. The van der Waals surface area contributed by atoms with Crippen molar-refractivity contribution >= 4 is 11.8 Å². The number of nitrogens with zero attached hydrogens (tertiary/aromatic N) is 1. The zero-order valence-corrected chi connectivity index (χ0v) is 11.1. The van der Waals surface area contributed by atoms with Crippen LogP contribution in [0.5, 0.6) is 0 Å². The Bertz CT molecular complexity index is 582. The molecule has 2 amide bonds. The smallest absolute Gasteiger partial charge is 0.347 e. The maximum Gasteiger partial charge on any atom is 0.406 e. The molecule has 0 unspecified atom stereocenters. The largest absolute Gasteiger partial charge is 0.406 e. The van der Waals surface area contributed by atoms with Crippen molar-refractivity contribution in [2.75, 3.05) is 13.1 Å². The van der Waals surface area contributed by atoms with Gasteiger partial charge in [-0.15, -0.1) is 0 Å². The van der Waals surface area contributed by atoms with Crippen molar-refractivity contribution in [3.8, 4) is 0 Å². The monoisotopic (exact) mass is 322 g/mol. The molecule has 0 aromatic heterocycles. The zero-order valence-electron chi connectivity index (χ0n) is 11.1. The lowest BCUT2D eigenvalue weighted by Gasteiger charge is -2.18. The van der Waals surface area contributed by atoms with Crippen molar-refractivity contribution < 1.29 is 31.5 Å². The molecule has 1 aromatic carbocycles. The highest BCUT2D eigenvalue weighted by molar-refractivity contribution is 5.95. The van der Waals surface area contributed by atoms with Crippen LogP contribution in [0, 0.1) is 11.6 Å². The SMILES string of the molecule is O=C(N[C@@H]1CC(=O)N(CC(F)(F)F)C1)c1c(F)cccc1F. The number of nitrogens with one attached hydrogen (secondary N) is 1. The predicted molar refractivity (Wildman–Crippen MR) is 64.9 cm³/mol. The van der Waals surface area contributed by atoms with Crippen LogP contribution in [0.4, 0.5) is 22.0 Å².